The van der Waals surface area contributed by atoms with Crippen molar-refractivity contribution in [3.63, 3.8) is 0 Å². The van der Waals surface area contributed by atoms with E-state index in [-0.39, 0.29) is 0 Å². The largest absolute Gasteiger partial charge is 0.257 e. The molecule has 74 valence electrons. The van der Waals surface area contributed by atoms with Crippen molar-refractivity contribution in [2.75, 3.05) is 0 Å². The van der Waals surface area contributed by atoms with E-state index in [9.17, 15) is 0 Å². The van der Waals surface area contributed by atoms with Crippen molar-refractivity contribution in [1.29, 1.82) is 0 Å². The molecule has 1 heteroatoms. The lowest BCUT2D eigenvalue weighted by Crippen LogP contribution is -1.80. The zero-order valence-corrected chi connectivity index (χ0v) is 8.51. The second kappa shape index (κ2) is 5.11. The highest BCUT2D eigenvalue weighted by Crippen LogP contribution is 2.02. The van der Waals surface area contributed by atoms with Crippen LogP contribution in [0.1, 0.15) is 11.3 Å². The maximum atomic E-state index is 4.22. The Kier molecular flexibility index (Phi) is 3.29. The van der Waals surface area contributed by atoms with Crippen LogP contribution in [0.5, 0.6) is 0 Å². The molecular weight excluding hydrogens is 182 g/mol. The molecule has 0 bridgehead atoms. The van der Waals surface area contributed by atoms with Gasteiger partial charge in [0.05, 0.1) is 5.69 Å². The van der Waals surface area contributed by atoms with Gasteiger partial charge in [-0.3, -0.25) is 4.98 Å². The van der Waals surface area contributed by atoms with Gasteiger partial charge in [0.2, 0.25) is 0 Å². The number of rotatable bonds is 3. The number of hydrogen-bond donors (Lipinski definition) is 0. The molecule has 0 fully saturated rings. The summed E-state index contributed by atoms with van der Waals surface area (Å²) >= 11 is 0. The Labute approximate surface area is 90.1 Å². The average Bonchev–Trinajstić information content (AvgIpc) is 2.32. The summed E-state index contributed by atoms with van der Waals surface area (Å²) in [5, 5.41) is 0. The number of hydrogen-bond acceptors (Lipinski definition) is 1. The molecule has 0 atom stereocenters. The van der Waals surface area contributed by atoms with E-state index < -0.39 is 0 Å². The second-order valence-electron chi connectivity index (χ2n) is 3.35. The van der Waals surface area contributed by atoms with Crippen molar-refractivity contribution in [3.8, 4) is 0 Å². The van der Waals surface area contributed by atoms with Crippen LogP contribution in [-0.2, 0) is 6.42 Å². The average molecular weight is 195 g/mol. The summed E-state index contributed by atoms with van der Waals surface area (Å²) < 4.78 is 0. The van der Waals surface area contributed by atoms with Gasteiger partial charge >= 0.3 is 0 Å². The number of nitrogens with zero attached hydrogens (tertiary/aromatic N) is 1. The minimum Gasteiger partial charge on any atom is -0.257 e. The number of allylic oxidation sites excluding steroid dienone is 1. The Balaban J connectivity index is 1.97. The van der Waals surface area contributed by atoms with Crippen LogP contribution >= 0.6 is 0 Å². The zero-order chi connectivity index (χ0) is 10.3. The van der Waals surface area contributed by atoms with Crippen LogP contribution in [0.25, 0.3) is 6.08 Å². The quantitative estimate of drug-likeness (QED) is 0.732. The molecule has 2 rings (SSSR count). The number of benzene rings is 1. The molecule has 0 aliphatic carbocycles. The fourth-order valence-corrected chi connectivity index (χ4v) is 1.40. The van der Waals surface area contributed by atoms with E-state index in [0.717, 1.165) is 12.1 Å². The fraction of sp³-hybridized carbons (Fsp3) is 0.0714. The van der Waals surface area contributed by atoms with Crippen LogP contribution < -0.4 is 0 Å². The summed E-state index contributed by atoms with van der Waals surface area (Å²) in [5.74, 6) is 0. The molecule has 0 saturated heterocycles. The summed E-state index contributed by atoms with van der Waals surface area (Å²) in [4.78, 5) is 4.22. The highest BCUT2D eigenvalue weighted by atomic mass is 14.6. The molecule has 0 radical (unpaired) electrons. The van der Waals surface area contributed by atoms with Crippen LogP contribution in [0, 0.1) is 0 Å². The molecule has 1 aromatic heterocycles. The van der Waals surface area contributed by atoms with Gasteiger partial charge in [0.1, 0.15) is 0 Å². The number of pyridine rings is 1. The number of aromatic nitrogens is 1. The predicted molar refractivity (Wildman–Crippen MR) is 63.4 cm³/mol. The summed E-state index contributed by atoms with van der Waals surface area (Å²) in [6.07, 6.45) is 6.95. The summed E-state index contributed by atoms with van der Waals surface area (Å²) in [7, 11) is 0. The monoisotopic (exact) mass is 195 g/mol. The van der Waals surface area contributed by atoms with Gasteiger partial charge in [0.25, 0.3) is 0 Å². The summed E-state index contributed by atoms with van der Waals surface area (Å²) in [6, 6.07) is 16.3. The van der Waals surface area contributed by atoms with Crippen molar-refractivity contribution in [3.05, 3.63) is 72.1 Å². The van der Waals surface area contributed by atoms with E-state index in [4.69, 9.17) is 0 Å². The van der Waals surface area contributed by atoms with Crippen molar-refractivity contribution in [2.24, 2.45) is 0 Å². The third-order valence-corrected chi connectivity index (χ3v) is 2.17. The lowest BCUT2D eigenvalue weighted by atomic mass is 10.1. The lowest BCUT2D eigenvalue weighted by Gasteiger charge is -1.94. The second-order valence-corrected chi connectivity index (χ2v) is 3.35. The first kappa shape index (κ1) is 9.66. The summed E-state index contributed by atoms with van der Waals surface area (Å²) in [5.41, 5.74) is 2.33. The smallest absolute Gasteiger partial charge is 0.0626 e. The highest BCUT2D eigenvalue weighted by Gasteiger charge is 1.87. The Morgan fingerprint density at radius 2 is 1.73 bits per heavy atom. The molecule has 0 spiro atoms. The van der Waals surface area contributed by atoms with Crippen molar-refractivity contribution in [2.45, 2.75) is 6.42 Å². The van der Waals surface area contributed by atoms with Crippen LogP contribution in [0.15, 0.2) is 60.8 Å². The van der Waals surface area contributed by atoms with Gasteiger partial charge in [0.15, 0.2) is 0 Å². The van der Waals surface area contributed by atoms with Gasteiger partial charge in [-0.2, -0.15) is 0 Å². The maximum Gasteiger partial charge on any atom is 0.0626 e. The van der Waals surface area contributed by atoms with Crippen molar-refractivity contribution in [1.82, 2.24) is 4.98 Å². The van der Waals surface area contributed by atoms with Gasteiger partial charge < -0.3 is 0 Å². The van der Waals surface area contributed by atoms with E-state index in [0.29, 0.717) is 0 Å². The van der Waals surface area contributed by atoms with E-state index in [1.807, 2.05) is 36.5 Å². The normalized spacial score (nSPS) is 10.7. The topological polar surface area (TPSA) is 12.9 Å². The Bertz CT molecular complexity index is 418. The van der Waals surface area contributed by atoms with E-state index in [1.54, 1.807) is 0 Å². The molecule has 0 aliphatic heterocycles. The molecule has 1 heterocycles. The third kappa shape index (κ3) is 3.06. The van der Waals surface area contributed by atoms with Crippen molar-refractivity contribution < 1.29 is 0 Å². The molecule has 2 aromatic rings. The highest BCUT2D eigenvalue weighted by molar-refractivity contribution is 5.44. The Morgan fingerprint density at radius 3 is 2.47 bits per heavy atom. The van der Waals surface area contributed by atoms with Crippen LogP contribution in [0.2, 0.25) is 0 Å². The molecule has 0 amide bonds. The van der Waals surface area contributed by atoms with Crippen LogP contribution in [-0.4, -0.2) is 4.98 Å². The Hall–Kier alpha value is -1.89. The van der Waals surface area contributed by atoms with Gasteiger partial charge in [-0.1, -0.05) is 42.5 Å². The predicted octanol–water partition coefficient (Wildman–Crippen LogP) is 3.34. The van der Waals surface area contributed by atoms with Gasteiger partial charge in [-0.25, -0.2) is 0 Å². The van der Waals surface area contributed by atoms with Gasteiger partial charge in [0, 0.05) is 6.20 Å². The SMILES string of the molecule is C(=Cc1ccccn1)Cc1ccccc1. The van der Waals surface area contributed by atoms with E-state index in [2.05, 4.69) is 35.3 Å². The Morgan fingerprint density at radius 1 is 0.933 bits per heavy atom. The first-order valence-corrected chi connectivity index (χ1v) is 5.06. The fourth-order valence-electron chi connectivity index (χ4n) is 1.40. The molecule has 0 saturated carbocycles. The molecule has 0 unspecified atom stereocenters. The first-order valence-electron chi connectivity index (χ1n) is 5.06. The minimum absolute atomic E-state index is 0.956. The first-order chi connectivity index (χ1) is 7.45. The molecule has 15 heavy (non-hydrogen) atoms. The minimum atomic E-state index is 0.956. The van der Waals surface area contributed by atoms with Crippen molar-refractivity contribution >= 4 is 6.08 Å². The lowest BCUT2D eigenvalue weighted by molar-refractivity contribution is 1.26. The van der Waals surface area contributed by atoms with Gasteiger partial charge in [-0.15, -0.1) is 0 Å². The van der Waals surface area contributed by atoms with Crippen LogP contribution in [0.3, 0.4) is 0 Å². The molecular formula is C14H13N. The molecule has 1 nitrogen and oxygen atoms in total. The third-order valence-electron chi connectivity index (χ3n) is 2.17. The van der Waals surface area contributed by atoms with E-state index >= 15 is 0 Å². The molecule has 0 N–H and O–H groups in total. The van der Waals surface area contributed by atoms with E-state index in [1.165, 1.54) is 5.56 Å². The summed E-state index contributed by atoms with van der Waals surface area (Å²) in [6.45, 7) is 0. The zero-order valence-electron chi connectivity index (χ0n) is 8.51. The van der Waals surface area contributed by atoms with Crippen LogP contribution in [0.4, 0.5) is 0 Å². The molecule has 1 aromatic carbocycles. The van der Waals surface area contributed by atoms with Gasteiger partial charge in [-0.05, 0) is 30.2 Å². The molecule has 0 aliphatic rings. The maximum absolute atomic E-state index is 4.22. The standard InChI is InChI=1S/C14H13N/c1-2-7-13(8-3-1)9-6-11-14-10-4-5-12-15-14/h1-8,10-12H,9H2.